The second-order valence-corrected chi connectivity index (χ2v) is 3.36. The van der Waals surface area contributed by atoms with Gasteiger partial charge in [0.25, 0.3) is 0 Å². The van der Waals surface area contributed by atoms with Crippen molar-refractivity contribution in [3.8, 4) is 12.3 Å². The van der Waals surface area contributed by atoms with Gasteiger partial charge in [-0.25, -0.2) is 0 Å². The lowest BCUT2D eigenvalue weighted by Crippen LogP contribution is -2.53. The summed E-state index contributed by atoms with van der Waals surface area (Å²) < 4.78 is 0. The molecule has 10 heavy (non-hydrogen) atoms. The Kier molecular flexibility index (Phi) is 0.976. The molecule has 1 atom stereocenters. The van der Waals surface area contributed by atoms with E-state index in [-0.39, 0.29) is 11.3 Å². The van der Waals surface area contributed by atoms with Crippen LogP contribution >= 0.6 is 0 Å². The highest BCUT2D eigenvalue weighted by Gasteiger charge is 2.57. The molecule has 0 N–H and O–H groups in total. The van der Waals surface area contributed by atoms with Crippen LogP contribution in [0.1, 0.15) is 25.7 Å². The monoisotopic (exact) mass is 134 g/mol. The van der Waals surface area contributed by atoms with Crippen molar-refractivity contribution in [2.24, 2.45) is 11.3 Å². The Morgan fingerprint density at radius 3 is 2.50 bits per heavy atom. The zero-order chi connectivity index (χ0) is 7.19. The number of carbonyl (C=O) groups excluding carboxylic acids is 1. The quantitative estimate of drug-likeness (QED) is 0.457. The highest BCUT2D eigenvalue weighted by Crippen LogP contribution is 2.56. The lowest BCUT2D eigenvalue weighted by Gasteiger charge is -2.51. The van der Waals surface area contributed by atoms with Gasteiger partial charge in [0.2, 0.25) is 0 Å². The molecule has 0 radical (unpaired) electrons. The van der Waals surface area contributed by atoms with Crippen molar-refractivity contribution < 1.29 is 4.79 Å². The third-order valence-corrected chi connectivity index (χ3v) is 3.06. The van der Waals surface area contributed by atoms with E-state index in [4.69, 9.17) is 6.42 Å². The Balaban J connectivity index is 2.19. The molecule has 1 spiro atoms. The molecule has 2 saturated carbocycles. The van der Waals surface area contributed by atoms with Crippen LogP contribution in [0.3, 0.4) is 0 Å². The summed E-state index contributed by atoms with van der Waals surface area (Å²) in [6, 6.07) is 0. The summed E-state index contributed by atoms with van der Waals surface area (Å²) >= 11 is 0. The number of hydrogen-bond donors (Lipinski definition) is 0. The SMILES string of the molecule is C#CC1CC(=O)C12CCC2. The molecular weight excluding hydrogens is 124 g/mol. The summed E-state index contributed by atoms with van der Waals surface area (Å²) in [7, 11) is 0. The van der Waals surface area contributed by atoms with Crippen molar-refractivity contribution in [2.75, 3.05) is 0 Å². The van der Waals surface area contributed by atoms with E-state index < -0.39 is 0 Å². The van der Waals surface area contributed by atoms with Crippen LogP contribution in [0.15, 0.2) is 0 Å². The van der Waals surface area contributed by atoms with Crippen LogP contribution < -0.4 is 0 Å². The average Bonchev–Trinajstić information content (AvgIpc) is 1.78. The maximum atomic E-state index is 11.1. The van der Waals surface area contributed by atoms with Crippen molar-refractivity contribution in [3.05, 3.63) is 0 Å². The summed E-state index contributed by atoms with van der Waals surface area (Å²) in [5, 5.41) is 0. The zero-order valence-electron chi connectivity index (χ0n) is 5.89. The van der Waals surface area contributed by atoms with Crippen LogP contribution in [-0.2, 0) is 4.79 Å². The Bertz CT molecular complexity index is 217. The molecule has 2 rings (SSSR count). The topological polar surface area (TPSA) is 17.1 Å². The molecule has 2 aliphatic rings. The predicted octanol–water partition coefficient (Wildman–Crippen LogP) is 1.38. The number of rotatable bonds is 0. The molecule has 0 amide bonds. The molecule has 1 heteroatoms. The summed E-state index contributed by atoms with van der Waals surface area (Å²) in [6.07, 6.45) is 9.24. The van der Waals surface area contributed by atoms with Crippen LogP contribution in [0, 0.1) is 23.7 Å². The highest BCUT2D eigenvalue weighted by atomic mass is 16.1. The van der Waals surface area contributed by atoms with Gasteiger partial charge in [-0.2, -0.15) is 0 Å². The first-order valence-electron chi connectivity index (χ1n) is 3.79. The fourth-order valence-electron chi connectivity index (χ4n) is 2.05. The first-order valence-corrected chi connectivity index (χ1v) is 3.79. The summed E-state index contributed by atoms with van der Waals surface area (Å²) in [4.78, 5) is 11.1. The Morgan fingerprint density at radius 1 is 1.60 bits per heavy atom. The van der Waals surface area contributed by atoms with Crippen molar-refractivity contribution in [1.82, 2.24) is 0 Å². The van der Waals surface area contributed by atoms with Crippen LogP contribution in [0.2, 0.25) is 0 Å². The first-order chi connectivity index (χ1) is 4.79. The van der Waals surface area contributed by atoms with E-state index in [0.717, 1.165) is 12.8 Å². The van der Waals surface area contributed by atoms with Gasteiger partial charge in [-0.05, 0) is 12.8 Å². The summed E-state index contributed by atoms with van der Waals surface area (Å²) in [6.45, 7) is 0. The highest BCUT2D eigenvalue weighted by molar-refractivity contribution is 5.93. The van der Waals surface area contributed by atoms with E-state index in [1.807, 2.05) is 0 Å². The van der Waals surface area contributed by atoms with Crippen molar-refractivity contribution >= 4 is 5.78 Å². The van der Waals surface area contributed by atoms with Crippen LogP contribution in [0.25, 0.3) is 0 Å². The number of terminal acetylenes is 1. The normalized spacial score (nSPS) is 34.3. The summed E-state index contributed by atoms with van der Waals surface area (Å²) in [5.74, 6) is 3.41. The molecule has 0 bridgehead atoms. The van der Waals surface area contributed by atoms with E-state index in [9.17, 15) is 4.79 Å². The molecule has 0 aliphatic heterocycles. The number of hydrogen-bond acceptors (Lipinski definition) is 1. The van der Waals surface area contributed by atoms with Crippen molar-refractivity contribution in [2.45, 2.75) is 25.7 Å². The number of ketones is 1. The van der Waals surface area contributed by atoms with E-state index in [1.54, 1.807) is 0 Å². The minimum absolute atomic E-state index is 0.00521. The van der Waals surface area contributed by atoms with Crippen LogP contribution in [-0.4, -0.2) is 5.78 Å². The largest absolute Gasteiger partial charge is 0.299 e. The second kappa shape index (κ2) is 1.63. The molecule has 0 heterocycles. The smallest absolute Gasteiger partial charge is 0.141 e. The van der Waals surface area contributed by atoms with Gasteiger partial charge < -0.3 is 0 Å². The molecule has 1 nitrogen and oxygen atoms in total. The maximum Gasteiger partial charge on any atom is 0.141 e. The van der Waals surface area contributed by atoms with Gasteiger partial charge >= 0.3 is 0 Å². The molecule has 1 unspecified atom stereocenters. The Morgan fingerprint density at radius 2 is 2.30 bits per heavy atom. The first kappa shape index (κ1) is 5.97. The van der Waals surface area contributed by atoms with Gasteiger partial charge in [-0.3, -0.25) is 4.79 Å². The number of carbonyl (C=O) groups is 1. The van der Waals surface area contributed by atoms with E-state index in [1.165, 1.54) is 6.42 Å². The fraction of sp³-hybridized carbons (Fsp3) is 0.667. The molecule has 0 saturated heterocycles. The van der Waals surface area contributed by atoms with Crippen LogP contribution in [0.4, 0.5) is 0 Å². The minimum atomic E-state index is -0.00521. The zero-order valence-corrected chi connectivity index (χ0v) is 5.89. The number of Topliss-reactive ketones (excluding diaryl/α,β-unsaturated/α-hetero) is 1. The average molecular weight is 134 g/mol. The fourth-order valence-corrected chi connectivity index (χ4v) is 2.05. The molecular formula is C9H10O. The third-order valence-electron chi connectivity index (χ3n) is 3.06. The lowest BCUT2D eigenvalue weighted by atomic mass is 9.49. The molecule has 0 aromatic rings. The minimum Gasteiger partial charge on any atom is -0.299 e. The second-order valence-electron chi connectivity index (χ2n) is 3.36. The van der Waals surface area contributed by atoms with Gasteiger partial charge in [-0.1, -0.05) is 6.42 Å². The third kappa shape index (κ3) is 0.441. The predicted molar refractivity (Wildman–Crippen MR) is 38.2 cm³/mol. The summed E-state index contributed by atoms with van der Waals surface area (Å²) in [5.41, 5.74) is -0.00521. The van der Waals surface area contributed by atoms with Gasteiger partial charge in [0.15, 0.2) is 0 Å². The Hall–Kier alpha value is -0.770. The van der Waals surface area contributed by atoms with E-state index in [2.05, 4.69) is 5.92 Å². The maximum absolute atomic E-state index is 11.1. The molecule has 2 fully saturated rings. The van der Waals surface area contributed by atoms with E-state index >= 15 is 0 Å². The van der Waals surface area contributed by atoms with E-state index in [0.29, 0.717) is 12.2 Å². The van der Waals surface area contributed by atoms with Crippen molar-refractivity contribution in [3.63, 3.8) is 0 Å². The molecule has 0 aromatic heterocycles. The standard InChI is InChI=1S/C9H10O/c1-2-7-6-8(10)9(7)4-3-5-9/h1,7H,3-6H2. The van der Waals surface area contributed by atoms with Gasteiger partial charge in [0.05, 0.1) is 0 Å². The van der Waals surface area contributed by atoms with Gasteiger partial charge in [0, 0.05) is 17.8 Å². The molecule has 0 aromatic carbocycles. The van der Waals surface area contributed by atoms with Crippen LogP contribution in [0.5, 0.6) is 0 Å². The lowest BCUT2D eigenvalue weighted by molar-refractivity contribution is -0.150. The van der Waals surface area contributed by atoms with Gasteiger partial charge in [0.1, 0.15) is 5.78 Å². The molecule has 2 aliphatic carbocycles. The molecule has 52 valence electrons. The van der Waals surface area contributed by atoms with Crippen molar-refractivity contribution in [1.29, 1.82) is 0 Å². The van der Waals surface area contributed by atoms with Gasteiger partial charge in [-0.15, -0.1) is 12.3 Å². The Labute approximate surface area is 60.8 Å².